The van der Waals surface area contributed by atoms with E-state index in [1.54, 1.807) is 46.1 Å². The Morgan fingerprint density at radius 2 is 1.76 bits per heavy atom. The summed E-state index contributed by atoms with van der Waals surface area (Å²) in [5.74, 6) is -1.69. The van der Waals surface area contributed by atoms with Crippen molar-refractivity contribution in [2.75, 3.05) is 44.3 Å². The molecule has 5 rings (SSSR count). The molecule has 1 aliphatic heterocycles. The van der Waals surface area contributed by atoms with Gasteiger partial charge in [0.05, 0.1) is 30.1 Å². The third-order valence-corrected chi connectivity index (χ3v) is 6.84. The Bertz CT molecular complexity index is 1650. The molecule has 12 nitrogen and oxygen atoms in total. The van der Waals surface area contributed by atoms with Gasteiger partial charge in [0.1, 0.15) is 17.6 Å². The Hall–Kier alpha value is -5.20. The Kier molecular flexibility index (Phi) is 10.6. The van der Waals surface area contributed by atoms with Crippen LogP contribution in [0.3, 0.4) is 0 Å². The van der Waals surface area contributed by atoms with Crippen molar-refractivity contribution in [1.82, 2.24) is 19.5 Å². The molecule has 236 valence electrons. The van der Waals surface area contributed by atoms with Gasteiger partial charge in [0.25, 0.3) is 5.91 Å². The predicted octanol–water partition coefficient (Wildman–Crippen LogP) is 3.04. The monoisotopic (exact) mass is 626 g/mol. The Balaban J connectivity index is 0.000000591. The molecule has 3 aromatic heterocycles. The number of rotatable bonds is 8. The number of carboxylic acids is 1. The van der Waals surface area contributed by atoms with Crippen LogP contribution in [0.1, 0.15) is 23.7 Å². The van der Waals surface area contributed by atoms with Crippen LogP contribution >= 0.6 is 0 Å². The Morgan fingerprint density at radius 1 is 1.07 bits per heavy atom. The molecule has 1 saturated heterocycles. The van der Waals surface area contributed by atoms with Gasteiger partial charge in [-0.15, -0.1) is 0 Å². The van der Waals surface area contributed by atoms with Crippen LogP contribution in [0.2, 0.25) is 0 Å². The van der Waals surface area contributed by atoms with Crippen molar-refractivity contribution in [3.63, 3.8) is 0 Å². The second kappa shape index (κ2) is 14.5. The Morgan fingerprint density at radius 3 is 2.33 bits per heavy atom. The molecule has 0 spiro atoms. The van der Waals surface area contributed by atoms with E-state index in [9.17, 15) is 28.3 Å². The number of carbonyl (C=O) groups is 2. The first kappa shape index (κ1) is 32.7. The number of benzene rings is 1. The first-order chi connectivity index (χ1) is 21.5. The SMILES string of the molecule is N#Cc1cnn2cc(OCCCO)cc(-c3ccc(N4CCN(C(=O)C(O)c5ccccc5)CC4)nc3)c12.O=C(O)C(F)(F)F. The minimum atomic E-state index is -5.08. The third kappa shape index (κ3) is 8.05. The van der Waals surface area contributed by atoms with E-state index in [1.807, 2.05) is 24.3 Å². The maximum absolute atomic E-state index is 12.8. The lowest BCUT2D eigenvalue weighted by molar-refractivity contribution is -0.192. The van der Waals surface area contributed by atoms with Crippen LogP contribution in [-0.2, 0) is 9.59 Å². The van der Waals surface area contributed by atoms with Gasteiger partial charge < -0.3 is 29.9 Å². The van der Waals surface area contributed by atoms with Gasteiger partial charge in [-0.1, -0.05) is 30.3 Å². The van der Waals surface area contributed by atoms with Gasteiger partial charge in [-0.3, -0.25) is 4.79 Å². The number of aliphatic hydroxyl groups is 2. The zero-order valence-electron chi connectivity index (χ0n) is 23.8. The quantitative estimate of drug-likeness (QED) is 0.248. The summed E-state index contributed by atoms with van der Waals surface area (Å²) >= 11 is 0. The van der Waals surface area contributed by atoms with Crippen molar-refractivity contribution >= 4 is 23.2 Å². The highest BCUT2D eigenvalue weighted by molar-refractivity contribution is 5.85. The van der Waals surface area contributed by atoms with E-state index in [2.05, 4.69) is 21.1 Å². The zero-order valence-corrected chi connectivity index (χ0v) is 23.8. The number of carbonyl (C=O) groups excluding carboxylic acids is 1. The van der Waals surface area contributed by atoms with Crippen molar-refractivity contribution in [2.24, 2.45) is 0 Å². The number of hydrogen-bond donors (Lipinski definition) is 3. The molecule has 1 amide bonds. The van der Waals surface area contributed by atoms with Crippen LogP contribution in [0.25, 0.3) is 16.6 Å². The summed E-state index contributed by atoms with van der Waals surface area (Å²) in [6, 6.07) is 16.9. The van der Waals surface area contributed by atoms with E-state index >= 15 is 0 Å². The molecule has 1 fully saturated rings. The van der Waals surface area contributed by atoms with E-state index in [1.165, 1.54) is 6.20 Å². The number of hydrogen-bond acceptors (Lipinski definition) is 9. The average molecular weight is 627 g/mol. The van der Waals surface area contributed by atoms with Gasteiger partial charge in [-0.05, 0) is 23.8 Å². The summed E-state index contributed by atoms with van der Waals surface area (Å²) < 4.78 is 39.1. The Labute approximate surface area is 255 Å². The summed E-state index contributed by atoms with van der Waals surface area (Å²) in [4.78, 5) is 30.1. The second-order valence-electron chi connectivity index (χ2n) is 9.81. The number of pyridine rings is 2. The van der Waals surface area contributed by atoms with E-state index in [0.29, 0.717) is 61.6 Å². The second-order valence-corrected chi connectivity index (χ2v) is 9.81. The molecule has 0 aliphatic carbocycles. The number of amides is 1. The molecule has 0 bridgehead atoms. The molecule has 45 heavy (non-hydrogen) atoms. The smallest absolute Gasteiger partial charge is 0.490 e. The molecule has 1 aliphatic rings. The first-order valence-electron chi connectivity index (χ1n) is 13.7. The van der Waals surface area contributed by atoms with Crippen molar-refractivity contribution in [3.05, 3.63) is 78.2 Å². The van der Waals surface area contributed by atoms with Gasteiger partial charge in [0.15, 0.2) is 6.10 Å². The summed E-state index contributed by atoms with van der Waals surface area (Å²) in [6.07, 6.45) is -0.743. The number of alkyl halides is 3. The van der Waals surface area contributed by atoms with Gasteiger partial charge in [-0.25, -0.2) is 14.3 Å². The van der Waals surface area contributed by atoms with Crippen LogP contribution in [0.15, 0.2) is 67.1 Å². The highest BCUT2D eigenvalue weighted by Gasteiger charge is 2.38. The highest BCUT2D eigenvalue weighted by Crippen LogP contribution is 2.31. The number of nitrogens with zero attached hydrogens (tertiary/aromatic N) is 6. The fraction of sp³-hybridized carbons (Fsp3) is 0.300. The van der Waals surface area contributed by atoms with Crippen LogP contribution in [-0.4, -0.2) is 92.3 Å². The van der Waals surface area contributed by atoms with Crippen LogP contribution < -0.4 is 9.64 Å². The van der Waals surface area contributed by atoms with Gasteiger partial charge in [0, 0.05) is 56.5 Å². The normalized spacial score (nSPS) is 13.9. The largest absolute Gasteiger partial charge is 0.492 e. The summed E-state index contributed by atoms with van der Waals surface area (Å²) in [5.41, 5.74) is 3.28. The summed E-state index contributed by atoms with van der Waals surface area (Å²) in [7, 11) is 0. The van der Waals surface area contributed by atoms with E-state index in [0.717, 1.165) is 16.9 Å². The van der Waals surface area contributed by atoms with Crippen molar-refractivity contribution in [2.45, 2.75) is 18.7 Å². The minimum Gasteiger partial charge on any atom is -0.492 e. The number of carboxylic acid groups (broad SMARTS) is 1. The number of halogens is 3. The molecule has 15 heteroatoms. The molecule has 0 radical (unpaired) electrons. The predicted molar refractivity (Wildman–Crippen MR) is 154 cm³/mol. The molecular weight excluding hydrogens is 597 g/mol. The molecule has 0 saturated carbocycles. The number of ether oxygens (including phenoxy) is 1. The zero-order chi connectivity index (χ0) is 32.6. The van der Waals surface area contributed by atoms with Crippen molar-refractivity contribution < 1.29 is 42.8 Å². The lowest BCUT2D eigenvalue weighted by Gasteiger charge is -2.36. The van der Waals surface area contributed by atoms with Crippen molar-refractivity contribution in [3.8, 4) is 22.9 Å². The van der Waals surface area contributed by atoms with Gasteiger partial charge >= 0.3 is 12.1 Å². The number of anilines is 1. The summed E-state index contributed by atoms with van der Waals surface area (Å²) in [6.45, 7) is 2.57. The lowest BCUT2D eigenvalue weighted by Crippen LogP contribution is -2.50. The fourth-order valence-electron chi connectivity index (χ4n) is 4.57. The lowest BCUT2D eigenvalue weighted by atomic mass is 10.1. The summed E-state index contributed by atoms with van der Waals surface area (Å²) in [5, 5.41) is 40.5. The minimum absolute atomic E-state index is 0.0386. The molecule has 1 unspecified atom stereocenters. The average Bonchev–Trinajstić information content (AvgIpc) is 3.47. The maximum Gasteiger partial charge on any atom is 0.490 e. The number of aliphatic hydroxyl groups excluding tert-OH is 2. The topological polar surface area (TPSA) is 165 Å². The molecule has 3 N–H and O–H groups in total. The van der Waals surface area contributed by atoms with E-state index in [-0.39, 0.29) is 12.5 Å². The molecular formula is C30H29F3N6O6. The van der Waals surface area contributed by atoms with Gasteiger partial charge in [0.2, 0.25) is 0 Å². The van der Waals surface area contributed by atoms with Crippen LogP contribution in [0, 0.1) is 11.3 Å². The number of aromatic nitrogens is 3. The standard InChI is InChI=1S/C28H28N6O4.C2HF3O2/c29-16-22-18-31-34-19-23(38-14-4-13-35)15-24(26(22)34)21-7-8-25(30-17-21)32-9-11-33(12-10-32)28(37)27(36)20-5-2-1-3-6-20;3-2(4,5)1(6)7/h1-3,5-8,15,17-19,27,35-36H,4,9-14H2;(H,6,7). The molecule has 1 atom stereocenters. The number of fused-ring (bicyclic) bond motifs is 1. The van der Waals surface area contributed by atoms with Crippen molar-refractivity contribution in [1.29, 1.82) is 5.26 Å². The number of aliphatic carboxylic acids is 1. The first-order valence-corrected chi connectivity index (χ1v) is 13.7. The number of piperazine rings is 1. The van der Waals surface area contributed by atoms with Gasteiger partial charge in [-0.2, -0.15) is 23.5 Å². The number of nitriles is 1. The molecule has 1 aromatic carbocycles. The van der Waals surface area contributed by atoms with Crippen LogP contribution in [0.5, 0.6) is 5.75 Å². The molecule has 4 aromatic rings. The maximum atomic E-state index is 12.8. The fourth-order valence-corrected chi connectivity index (χ4v) is 4.57. The molecule has 4 heterocycles. The van der Waals surface area contributed by atoms with E-state index in [4.69, 9.17) is 19.7 Å². The highest BCUT2D eigenvalue weighted by atomic mass is 19.4. The van der Waals surface area contributed by atoms with Crippen LogP contribution in [0.4, 0.5) is 19.0 Å². The van der Waals surface area contributed by atoms with E-state index < -0.39 is 18.2 Å². The third-order valence-electron chi connectivity index (χ3n) is 6.84.